The number of morpholine rings is 1. The second-order valence-corrected chi connectivity index (χ2v) is 7.95. The van der Waals surface area contributed by atoms with Gasteiger partial charge in [0, 0.05) is 19.5 Å². The van der Waals surface area contributed by atoms with Crippen LogP contribution in [0.4, 0.5) is 0 Å². The summed E-state index contributed by atoms with van der Waals surface area (Å²) in [6, 6.07) is 10.2. The molecule has 6 heteroatoms. The molecule has 1 aliphatic rings. The number of hydrogen-bond acceptors (Lipinski definition) is 4. The van der Waals surface area contributed by atoms with Crippen LogP contribution < -0.4 is 0 Å². The van der Waals surface area contributed by atoms with E-state index in [9.17, 15) is 4.79 Å². The predicted octanol–water partition coefficient (Wildman–Crippen LogP) is 3.07. The standard InChI is InChI=1S/C20H28N4O2/c1-20(2,3)18-13-23(12-17(26-18)16-8-5-4-6-9-16)19(25)10-7-11-24-15-21-14-22-24/h4-6,8-9,14-15,17-18H,7,10-13H2,1-3H3/t17-,18+/m0/s1. The first-order valence-corrected chi connectivity index (χ1v) is 9.24. The summed E-state index contributed by atoms with van der Waals surface area (Å²) < 4.78 is 8.13. The summed E-state index contributed by atoms with van der Waals surface area (Å²) in [5.74, 6) is 0.184. The number of amides is 1. The lowest BCUT2D eigenvalue weighted by Crippen LogP contribution is -2.51. The Morgan fingerprint density at radius 2 is 2.00 bits per heavy atom. The van der Waals surface area contributed by atoms with Crippen LogP contribution in [0.5, 0.6) is 0 Å². The molecule has 0 N–H and O–H groups in total. The van der Waals surface area contributed by atoms with E-state index in [1.54, 1.807) is 11.0 Å². The Bertz CT molecular complexity index is 694. The number of rotatable bonds is 5. The molecular formula is C20H28N4O2. The van der Waals surface area contributed by atoms with E-state index in [0.29, 0.717) is 26.1 Å². The molecule has 1 saturated heterocycles. The Morgan fingerprint density at radius 1 is 1.23 bits per heavy atom. The van der Waals surface area contributed by atoms with Gasteiger partial charge in [-0.2, -0.15) is 5.10 Å². The minimum atomic E-state index is -0.0755. The zero-order valence-corrected chi connectivity index (χ0v) is 15.8. The van der Waals surface area contributed by atoms with Crippen LogP contribution in [0.3, 0.4) is 0 Å². The van der Waals surface area contributed by atoms with Crippen molar-refractivity contribution in [3.05, 3.63) is 48.5 Å². The molecule has 1 aliphatic heterocycles. The van der Waals surface area contributed by atoms with Crippen molar-refractivity contribution >= 4 is 5.91 Å². The fourth-order valence-electron chi connectivity index (χ4n) is 3.19. The lowest BCUT2D eigenvalue weighted by Gasteiger charge is -2.43. The van der Waals surface area contributed by atoms with Gasteiger partial charge in [0.15, 0.2) is 0 Å². The van der Waals surface area contributed by atoms with Crippen molar-refractivity contribution in [2.24, 2.45) is 5.41 Å². The van der Waals surface area contributed by atoms with E-state index in [1.165, 1.54) is 6.33 Å². The zero-order valence-electron chi connectivity index (χ0n) is 15.8. The van der Waals surface area contributed by atoms with Gasteiger partial charge in [0.1, 0.15) is 18.8 Å². The van der Waals surface area contributed by atoms with Gasteiger partial charge in [-0.1, -0.05) is 51.1 Å². The van der Waals surface area contributed by atoms with Crippen LogP contribution >= 0.6 is 0 Å². The topological polar surface area (TPSA) is 60.2 Å². The zero-order chi connectivity index (χ0) is 18.6. The van der Waals surface area contributed by atoms with Crippen molar-refractivity contribution < 1.29 is 9.53 Å². The molecule has 1 fully saturated rings. The summed E-state index contributed by atoms with van der Waals surface area (Å²) in [6.45, 7) is 8.46. The van der Waals surface area contributed by atoms with Crippen LogP contribution in [0, 0.1) is 5.41 Å². The molecule has 3 rings (SSSR count). The summed E-state index contributed by atoms with van der Waals surface area (Å²) >= 11 is 0. The van der Waals surface area contributed by atoms with Crippen LogP contribution in [0.25, 0.3) is 0 Å². The predicted molar refractivity (Wildman–Crippen MR) is 99.3 cm³/mol. The molecule has 0 saturated carbocycles. The fourth-order valence-corrected chi connectivity index (χ4v) is 3.19. The highest BCUT2D eigenvalue weighted by atomic mass is 16.5. The van der Waals surface area contributed by atoms with Crippen molar-refractivity contribution in [3.8, 4) is 0 Å². The molecule has 6 nitrogen and oxygen atoms in total. The highest BCUT2D eigenvalue weighted by Gasteiger charge is 2.37. The van der Waals surface area contributed by atoms with Crippen LogP contribution in [0.15, 0.2) is 43.0 Å². The number of aromatic nitrogens is 3. The third kappa shape index (κ3) is 4.69. The quantitative estimate of drug-likeness (QED) is 0.826. The third-order valence-electron chi connectivity index (χ3n) is 4.84. The van der Waals surface area contributed by atoms with Gasteiger partial charge in [-0.15, -0.1) is 0 Å². The van der Waals surface area contributed by atoms with Crippen molar-refractivity contribution in [1.29, 1.82) is 0 Å². The molecule has 140 valence electrons. The summed E-state index contributed by atoms with van der Waals surface area (Å²) in [6.07, 6.45) is 4.41. The van der Waals surface area contributed by atoms with Gasteiger partial charge >= 0.3 is 0 Å². The van der Waals surface area contributed by atoms with E-state index in [2.05, 4.69) is 43.0 Å². The summed E-state index contributed by atoms with van der Waals surface area (Å²) in [5.41, 5.74) is 1.11. The highest BCUT2D eigenvalue weighted by molar-refractivity contribution is 5.76. The Balaban J connectivity index is 1.65. The molecule has 0 radical (unpaired) electrons. The molecular weight excluding hydrogens is 328 g/mol. The van der Waals surface area contributed by atoms with Crippen molar-refractivity contribution in [1.82, 2.24) is 19.7 Å². The number of ether oxygens (including phenoxy) is 1. The molecule has 1 aromatic heterocycles. The fraction of sp³-hybridized carbons (Fsp3) is 0.550. The maximum Gasteiger partial charge on any atom is 0.222 e. The lowest BCUT2D eigenvalue weighted by atomic mass is 9.87. The minimum Gasteiger partial charge on any atom is -0.366 e. The van der Waals surface area contributed by atoms with Gasteiger partial charge in [-0.3, -0.25) is 9.48 Å². The van der Waals surface area contributed by atoms with Crippen LogP contribution in [-0.4, -0.2) is 44.8 Å². The Labute approximate surface area is 155 Å². The second kappa shape index (κ2) is 7.99. The molecule has 0 unspecified atom stereocenters. The average molecular weight is 356 g/mol. The summed E-state index contributed by atoms with van der Waals surface area (Å²) in [5, 5.41) is 4.08. The molecule has 0 spiro atoms. The Kier molecular flexibility index (Phi) is 5.71. The normalized spacial score (nSPS) is 21.0. The smallest absolute Gasteiger partial charge is 0.222 e. The molecule has 2 aromatic rings. The number of hydrogen-bond donors (Lipinski definition) is 0. The van der Waals surface area contributed by atoms with Crippen LogP contribution in [-0.2, 0) is 16.1 Å². The maximum absolute atomic E-state index is 12.8. The van der Waals surface area contributed by atoms with E-state index < -0.39 is 0 Å². The van der Waals surface area contributed by atoms with Crippen molar-refractivity contribution in [2.75, 3.05) is 13.1 Å². The average Bonchev–Trinajstić information content (AvgIpc) is 3.15. The highest BCUT2D eigenvalue weighted by Crippen LogP contribution is 2.33. The van der Waals surface area contributed by atoms with Gasteiger partial charge in [-0.05, 0) is 17.4 Å². The Morgan fingerprint density at radius 3 is 2.65 bits per heavy atom. The molecule has 1 amide bonds. The van der Waals surface area contributed by atoms with E-state index in [4.69, 9.17) is 4.74 Å². The Hall–Kier alpha value is -2.21. The second-order valence-electron chi connectivity index (χ2n) is 7.95. The number of nitrogens with zero attached hydrogens (tertiary/aromatic N) is 4. The van der Waals surface area contributed by atoms with Crippen LogP contribution in [0.2, 0.25) is 0 Å². The first-order chi connectivity index (χ1) is 12.4. The molecule has 26 heavy (non-hydrogen) atoms. The monoisotopic (exact) mass is 356 g/mol. The molecule has 0 bridgehead atoms. The largest absolute Gasteiger partial charge is 0.366 e. The summed E-state index contributed by atoms with van der Waals surface area (Å²) in [4.78, 5) is 18.7. The molecule has 2 heterocycles. The first-order valence-electron chi connectivity index (χ1n) is 9.24. The molecule has 1 aromatic carbocycles. The molecule has 2 atom stereocenters. The van der Waals surface area contributed by atoms with E-state index in [0.717, 1.165) is 12.0 Å². The number of benzene rings is 1. The maximum atomic E-state index is 12.8. The third-order valence-corrected chi connectivity index (χ3v) is 4.84. The van der Waals surface area contributed by atoms with Crippen LogP contribution in [0.1, 0.15) is 45.3 Å². The SMILES string of the molecule is CC(C)(C)[C@H]1CN(C(=O)CCCn2cncn2)C[C@@H](c2ccccc2)O1. The van der Waals surface area contributed by atoms with Gasteiger partial charge in [0.05, 0.1) is 12.6 Å². The van der Waals surface area contributed by atoms with E-state index in [1.807, 2.05) is 23.1 Å². The van der Waals surface area contributed by atoms with E-state index >= 15 is 0 Å². The minimum absolute atomic E-state index is 0.0146. The van der Waals surface area contributed by atoms with Gasteiger partial charge in [0.25, 0.3) is 0 Å². The van der Waals surface area contributed by atoms with Gasteiger partial charge in [-0.25, -0.2) is 4.98 Å². The number of aryl methyl sites for hydroxylation is 1. The van der Waals surface area contributed by atoms with E-state index in [-0.39, 0.29) is 23.5 Å². The summed E-state index contributed by atoms with van der Waals surface area (Å²) in [7, 11) is 0. The van der Waals surface area contributed by atoms with Crippen molar-refractivity contribution in [2.45, 2.75) is 52.4 Å². The number of carbonyl (C=O) groups is 1. The molecule has 0 aliphatic carbocycles. The lowest BCUT2D eigenvalue weighted by molar-refractivity contribution is -0.157. The van der Waals surface area contributed by atoms with Gasteiger partial charge in [0.2, 0.25) is 5.91 Å². The first kappa shape index (κ1) is 18.6. The number of carbonyl (C=O) groups excluding carboxylic acids is 1. The van der Waals surface area contributed by atoms with Crippen molar-refractivity contribution in [3.63, 3.8) is 0 Å². The van der Waals surface area contributed by atoms with Gasteiger partial charge < -0.3 is 9.64 Å².